The lowest BCUT2D eigenvalue weighted by atomic mass is 9.70. The molecule has 0 saturated heterocycles. The van der Waals surface area contributed by atoms with Crippen molar-refractivity contribution in [1.82, 2.24) is 4.57 Å². The summed E-state index contributed by atoms with van der Waals surface area (Å²) in [6.45, 7) is 8.74. The van der Waals surface area contributed by atoms with Crippen molar-refractivity contribution < 1.29 is 0 Å². The van der Waals surface area contributed by atoms with Crippen molar-refractivity contribution >= 4 is 28.0 Å². The minimum atomic E-state index is 0.112. The third kappa shape index (κ3) is 5.79. The Morgan fingerprint density at radius 2 is 1.11 bits per heavy atom. The SMILES string of the molecule is C=Cn1c2ccccc2c2cc(-c3ccc4c(c3)C(CCCCCCCC)(CCCCCCCC)c3ccccc3-4)ccc21. The van der Waals surface area contributed by atoms with Gasteiger partial charge in [0.25, 0.3) is 0 Å². The van der Waals surface area contributed by atoms with Crippen LogP contribution in [0, 0.1) is 0 Å². The van der Waals surface area contributed by atoms with Crippen LogP contribution in [0.5, 0.6) is 0 Å². The lowest BCUT2D eigenvalue weighted by Gasteiger charge is -2.33. The second-order valence-electron chi connectivity index (χ2n) is 13.2. The van der Waals surface area contributed by atoms with Crippen molar-refractivity contribution in [3.63, 3.8) is 0 Å². The number of nitrogens with zero attached hydrogens (tertiary/aromatic N) is 1. The van der Waals surface area contributed by atoms with E-state index in [0.717, 1.165) is 0 Å². The predicted octanol–water partition coefficient (Wildman–Crippen LogP) is 13.3. The van der Waals surface area contributed by atoms with Crippen molar-refractivity contribution in [3.05, 3.63) is 103 Å². The Kier molecular flexibility index (Phi) is 9.70. The molecule has 0 bridgehead atoms. The number of hydrogen-bond acceptors (Lipinski definition) is 0. The summed E-state index contributed by atoms with van der Waals surface area (Å²) < 4.78 is 2.22. The van der Waals surface area contributed by atoms with Crippen LogP contribution in [0.1, 0.15) is 115 Å². The third-order valence-electron chi connectivity index (χ3n) is 10.4. The van der Waals surface area contributed by atoms with Crippen LogP contribution in [0.15, 0.2) is 91.5 Å². The highest BCUT2D eigenvalue weighted by molar-refractivity contribution is 6.10. The van der Waals surface area contributed by atoms with E-state index in [1.165, 1.54) is 134 Å². The maximum atomic E-state index is 4.11. The van der Waals surface area contributed by atoms with Gasteiger partial charge >= 0.3 is 0 Å². The van der Waals surface area contributed by atoms with Crippen LogP contribution >= 0.6 is 0 Å². The highest BCUT2D eigenvalue weighted by Gasteiger charge is 2.42. The van der Waals surface area contributed by atoms with E-state index < -0.39 is 0 Å². The fourth-order valence-corrected chi connectivity index (χ4v) is 8.09. The molecule has 4 aromatic carbocycles. The molecular formula is C43H51N. The van der Waals surface area contributed by atoms with Crippen LogP contribution in [0.4, 0.5) is 0 Å². The quantitative estimate of drug-likeness (QED) is 0.102. The van der Waals surface area contributed by atoms with Crippen molar-refractivity contribution in [2.75, 3.05) is 0 Å². The first-order valence-corrected chi connectivity index (χ1v) is 17.6. The number of fused-ring (bicyclic) bond motifs is 6. The number of aromatic nitrogens is 1. The van der Waals surface area contributed by atoms with Gasteiger partial charge in [0.05, 0.1) is 11.0 Å². The van der Waals surface area contributed by atoms with Crippen molar-refractivity contribution in [2.24, 2.45) is 0 Å². The molecule has 0 spiro atoms. The van der Waals surface area contributed by atoms with Gasteiger partial charge in [0.2, 0.25) is 0 Å². The molecule has 5 aromatic rings. The Morgan fingerprint density at radius 1 is 0.545 bits per heavy atom. The smallest absolute Gasteiger partial charge is 0.0535 e. The molecule has 44 heavy (non-hydrogen) atoms. The Hall–Kier alpha value is -3.58. The van der Waals surface area contributed by atoms with Gasteiger partial charge in [-0.2, -0.15) is 0 Å². The predicted molar refractivity (Wildman–Crippen MR) is 193 cm³/mol. The molecular weight excluding hydrogens is 530 g/mol. The summed E-state index contributed by atoms with van der Waals surface area (Å²) >= 11 is 0. The molecule has 6 rings (SSSR count). The zero-order valence-corrected chi connectivity index (χ0v) is 27.2. The molecule has 0 amide bonds. The summed E-state index contributed by atoms with van der Waals surface area (Å²) in [4.78, 5) is 0. The number of benzene rings is 4. The minimum Gasteiger partial charge on any atom is -0.317 e. The molecule has 1 heteroatoms. The van der Waals surface area contributed by atoms with Gasteiger partial charge in [-0.3, -0.25) is 0 Å². The van der Waals surface area contributed by atoms with Gasteiger partial charge in [-0.15, -0.1) is 0 Å². The van der Waals surface area contributed by atoms with E-state index in [-0.39, 0.29) is 5.41 Å². The zero-order valence-electron chi connectivity index (χ0n) is 27.2. The van der Waals surface area contributed by atoms with Crippen LogP contribution in [0.25, 0.3) is 50.3 Å². The Labute approximate surface area is 266 Å². The van der Waals surface area contributed by atoms with Gasteiger partial charge in [-0.05, 0) is 70.5 Å². The summed E-state index contributed by atoms with van der Waals surface area (Å²) in [5, 5.41) is 2.59. The van der Waals surface area contributed by atoms with Gasteiger partial charge in [-0.1, -0.05) is 158 Å². The summed E-state index contributed by atoms with van der Waals surface area (Å²) in [6, 6.07) is 32.5. The van der Waals surface area contributed by atoms with E-state index in [0.29, 0.717) is 0 Å². The molecule has 0 unspecified atom stereocenters. The van der Waals surface area contributed by atoms with E-state index in [4.69, 9.17) is 0 Å². The second-order valence-corrected chi connectivity index (χ2v) is 13.2. The molecule has 1 aliphatic carbocycles. The lowest BCUT2D eigenvalue weighted by Crippen LogP contribution is -2.25. The maximum Gasteiger partial charge on any atom is 0.0535 e. The van der Waals surface area contributed by atoms with Gasteiger partial charge in [0.15, 0.2) is 0 Å². The van der Waals surface area contributed by atoms with Gasteiger partial charge in [0, 0.05) is 22.4 Å². The summed E-state index contributed by atoms with van der Waals surface area (Å²) in [5.74, 6) is 0. The molecule has 0 radical (unpaired) electrons. The van der Waals surface area contributed by atoms with E-state index >= 15 is 0 Å². The highest BCUT2D eigenvalue weighted by Crippen LogP contribution is 2.55. The van der Waals surface area contributed by atoms with E-state index in [1.807, 2.05) is 6.20 Å². The van der Waals surface area contributed by atoms with E-state index in [9.17, 15) is 0 Å². The Morgan fingerprint density at radius 3 is 1.84 bits per heavy atom. The zero-order chi connectivity index (χ0) is 30.4. The molecule has 0 aliphatic heterocycles. The largest absolute Gasteiger partial charge is 0.317 e. The maximum absolute atomic E-state index is 4.11. The number of hydrogen-bond donors (Lipinski definition) is 0. The Balaban J connectivity index is 1.39. The first-order chi connectivity index (χ1) is 21.7. The summed E-state index contributed by atoms with van der Waals surface area (Å²) in [5.41, 5.74) is 11.3. The Bertz CT molecular complexity index is 1700. The highest BCUT2D eigenvalue weighted by atomic mass is 14.9. The van der Waals surface area contributed by atoms with Gasteiger partial charge in [-0.25, -0.2) is 0 Å². The summed E-state index contributed by atoms with van der Waals surface area (Å²) in [7, 11) is 0. The lowest BCUT2D eigenvalue weighted by molar-refractivity contribution is 0.398. The van der Waals surface area contributed by atoms with Gasteiger partial charge < -0.3 is 4.57 Å². The van der Waals surface area contributed by atoms with Gasteiger partial charge in [0.1, 0.15) is 0 Å². The normalized spacial score (nSPS) is 13.4. The fourth-order valence-electron chi connectivity index (χ4n) is 8.09. The molecule has 0 fully saturated rings. The monoisotopic (exact) mass is 581 g/mol. The van der Waals surface area contributed by atoms with E-state index in [2.05, 4.69) is 110 Å². The minimum absolute atomic E-state index is 0.112. The standard InChI is InChI=1S/C43H51N/c1-4-7-9-11-13-19-29-43(30-20-14-12-10-8-5-2)39-23-17-15-21-35(39)36-27-25-34(32-40(36)43)33-26-28-42-38(31-33)37-22-16-18-24-41(37)44(42)6-3/h6,15-18,21-28,31-32H,3-5,7-14,19-20,29-30H2,1-2H3. The number of unbranched alkanes of at least 4 members (excludes halogenated alkanes) is 10. The van der Waals surface area contributed by atoms with Crippen molar-refractivity contribution in [1.29, 1.82) is 0 Å². The summed E-state index contributed by atoms with van der Waals surface area (Å²) in [6.07, 6.45) is 20.6. The van der Waals surface area contributed by atoms with Crippen LogP contribution in [0.3, 0.4) is 0 Å². The molecule has 0 atom stereocenters. The van der Waals surface area contributed by atoms with Crippen LogP contribution in [-0.2, 0) is 5.41 Å². The first-order valence-electron chi connectivity index (χ1n) is 17.6. The molecule has 228 valence electrons. The van der Waals surface area contributed by atoms with Crippen LogP contribution < -0.4 is 0 Å². The molecule has 1 heterocycles. The molecule has 0 saturated carbocycles. The second kappa shape index (κ2) is 14.0. The first kappa shape index (κ1) is 30.4. The topological polar surface area (TPSA) is 4.93 Å². The number of rotatable bonds is 16. The molecule has 1 aromatic heterocycles. The van der Waals surface area contributed by atoms with Crippen LogP contribution in [-0.4, -0.2) is 4.57 Å². The average molecular weight is 582 g/mol. The molecule has 0 N–H and O–H groups in total. The fraction of sp³-hybridized carbons (Fsp3) is 0.395. The van der Waals surface area contributed by atoms with Crippen LogP contribution in [0.2, 0.25) is 0 Å². The van der Waals surface area contributed by atoms with Crippen molar-refractivity contribution in [3.8, 4) is 22.3 Å². The molecule has 1 nitrogen and oxygen atoms in total. The average Bonchev–Trinajstić information content (AvgIpc) is 3.53. The van der Waals surface area contributed by atoms with E-state index in [1.54, 1.807) is 11.1 Å². The third-order valence-corrected chi connectivity index (χ3v) is 10.4. The number of para-hydroxylation sites is 1. The van der Waals surface area contributed by atoms with Crippen molar-refractivity contribution in [2.45, 2.75) is 109 Å². The molecule has 1 aliphatic rings.